The van der Waals surface area contributed by atoms with Crippen LogP contribution >= 0.6 is 11.6 Å². The summed E-state index contributed by atoms with van der Waals surface area (Å²) in [5.74, 6) is 0.452. The molecule has 1 atom stereocenters. The van der Waals surface area contributed by atoms with Gasteiger partial charge in [0.2, 0.25) is 0 Å². The van der Waals surface area contributed by atoms with Crippen molar-refractivity contribution >= 4 is 17.5 Å². The number of nitrogens with zero attached hydrogens (tertiary/aromatic N) is 2. The van der Waals surface area contributed by atoms with E-state index in [2.05, 4.69) is 18.8 Å². The van der Waals surface area contributed by atoms with Crippen molar-refractivity contribution in [1.29, 1.82) is 0 Å². The minimum atomic E-state index is -0.0460. The molecule has 1 unspecified atom stereocenters. The Morgan fingerprint density at radius 1 is 1.47 bits per heavy atom. The predicted molar refractivity (Wildman–Crippen MR) is 70.3 cm³/mol. The van der Waals surface area contributed by atoms with Crippen molar-refractivity contribution in [3.8, 4) is 0 Å². The topological polar surface area (TPSA) is 33.2 Å². The maximum absolute atomic E-state index is 12.2. The van der Waals surface area contributed by atoms with Crippen molar-refractivity contribution in [2.24, 2.45) is 5.92 Å². The molecule has 1 aromatic heterocycles. The Morgan fingerprint density at radius 3 is 2.71 bits per heavy atom. The molecule has 0 saturated carbocycles. The van der Waals surface area contributed by atoms with Gasteiger partial charge in [0.15, 0.2) is 0 Å². The van der Waals surface area contributed by atoms with Crippen molar-refractivity contribution in [1.82, 2.24) is 9.88 Å². The second-order valence-electron chi connectivity index (χ2n) is 4.20. The Kier molecular flexibility index (Phi) is 5.42. The molecule has 0 aromatic carbocycles. The molecule has 1 aromatic rings. The largest absolute Gasteiger partial charge is 0.337 e. The summed E-state index contributed by atoms with van der Waals surface area (Å²) in [7, 11) is 0. The SMILES string of the molecule is CCC(C)CN(CC)C(=O)c1cccc(Cl)n1. The van der Waals surface area contributed by atoms with E-state index in [1.807, 2.05) is 11.8 Å². The predicted octanol–water partition coefficient (Wildman–Crippen LogP) is 3.24. The first kappa shape index (κ1) is 14.0. The molecular formula is C13H19ClN2O. The van der Waals surface area contributed by atoms with Crippen LogP contribution in [-0.2, 0) is 0 Å². The number of halogens is 1. The van der Waals surface area contributed by atoms with E-state index in [0.29, 0.717) is 23.3 Å². The normalized spacial score (nSPS) is 12.2. The highest BCUT2D eigenvalue weighted by Crippen LogP contribution is 2.10. The maximum Gasteiger partial charge on any atom is 0.272 e. The van der Waals surface area contributed by atoms with Crippen LogP contribution in [0.15, 0.2) is 18.2 Å². The molecule has 0 aliphatic rings. The number of amides is 1. The second kappa shape index (κ2) is 6.60. The monoisotopic (exact) mass is 254 g/mol. The average molecular weight is 255 g/mol. The van der Waals surface area contributed by atoms with Crippen molar-refractivity contribution in [2.45, 2.75) is 27.2 Å². The molecule has 0 fully saturated rings. The third-order valence-electron chi connectivity index (χ3n) is 2.83. The van der Waals surface area contributed by atoms with Gasteiger partial charge in [-0.05, 0) is 25.0 Å². The summed E-state index contributed by atoms with van der Waals surface area (Å²) in [5, 5.41) is 0.357. The maximum atomic E-state index is 12.2. The van der Waals surface area contributed by atoms with Crippen LogP contribution in [0, 0.1) is 5.92 Å². The molecule has 1 rings (SSSR count). The number of carbonyl (C=O) groups is 1. The van der Waals surface area contributed by atoms with Gasteiger partial charge in [-0.15, -0.1) is 0 Å². The zero-order valence-electron chi connectivity index (χ0n) is 10.6. The lowest BCUT2D eigenvalue weighted by atomic mass is 10.1. The van der Waals surface area contributed by atoms with Crippen molar-refractivity contribution in [2.75, 3.05) is 13.1 Å². The van der Waals surface area contributed by atoms with Crippen LogP contribution in [0.25, 0.3) is 0 Å². The summed E-state index contributed by atoms with van der Waals surface area (Å²) in [4.78, 5) is 18.0. The zero-order chi connectivity index (χ0) is 12.8. The summed E-state index contributed by atoms with van der Waals surface area (Å²) in [6.07, 6.45) is 1.06. The Bertz CT molecular complexity index is 381. The van der Waals surface area contributed by atoms with Crippen LogP contribution in [-0.4, -0.2) is 28.9 Å². The van der Waals surface area contributed by atoms with Crippen LogP contribution in [0.3, 0.4) is 0 Å². The quantitative estimate of drug-likeness (QED) is 0.756. The van der Waals surface area contributed by atoms with Gasteiger partial charge >= 0.3 is 0 Å². The molecule has 0 saturated heterocycles. The van der Waals surface area contributed by atoms with Gasteiger partial charge in [0.05, 0.1) is 0 Å². The number of hydrogen-bond donors (Lipinski definition) is 0. The van der Waals surface area contributed by atoms with Gasteiger partial charge in [-0.25, -0.2) is 4.98 Å². The molecule has 0 aliphatic carbocycles. The Hall–Kier alpha value is -1.09. The number of aromatic nitrogens is 1. The molecule has 1 amide bonds. The van der Waals surface area contributed by atoms with Crippen LogP contribution in [0.1, 0.15) is 37.7 Å². The smallest absolute Gasteiger partial charge is 0.272 e. The third kappa shape index (κ3) is 4.00. The zero-order valence-corrected chi connectivity index (χ0v) is 11.4. The molecule has 0 bridgehead atoms. The van der Waals surface area contributed by atoms with E-state index in [-0.39, 0.29) is 5.91 Å². The van der Waals surface area contributed by atoms with E-state index >= 15 is 0 Å². The van der Waals surface area contributed by atoms with Gasteiger partial charge in [0, 0.05) is 13.1 Å². The summed E-state index contributed by atoms with van der Waals surface area (Å²) >= 11 is 5.79. The summed E-state index contributed by atoms with van der Waals surface area (Å²) < 4.78 is 0. The molecule has 0 N–H and O–H groups in total. The number of rotatable bonds is 5. The molecular weight excluding hydrogens is 236 g/mol. The van der Waals surface area contributed by atoms with E-state index < -0.39 is 0 Å². The molecule has 0 spiro atoms. The molecule has 0 radical (unpaired) electrons. The molecule has 94 valence electrons. The minimum Gasteiger partial charge on any atom is -0.337 e. The molecule has 0 aliphatic heterocycles. The standard InChI is InChI=1S/C13H19ClN2O/c1-4-10(3)9-16(5-2)13(17)11-7-6-8-12(14)15-11/h6-8,10H,4-5,9H2,1-3H3. The van der Waals surface area contributed by atoms with Gasteiger partial charge in [0.1, 0.15) is 10.8 Å². The first-order valence-corrected chi connectivity index (χ1v) is 6.38. The minimum absolute atomic E-state index is 0.0460. The van der Waals surface area contributed by atoms with E-state index in [1.54, 1.807) is 18.2 Å². The highest BCUT2D eigenvalue weighted by Gasteiger charge is 2.17. The van der Waals surface area contributed by atoms with Gasteiger partial charge in [-0.1, -0.05) is 37.9 Å². The van der Waals surface area contributed by atoms with Crippen molar-refractivity contribution in [3.05, 3.63) is 29.0 Å². The lowest BCUT2D eigenvalue weighted by Crippen LogP contribution is -2.35. The Morgan fingerprint density at radius 2 is 2.18 bits per heavy atom. The fourth-order valence-electron chi connectivity index (χ4n) is 1.55. The van der Waals surface area contributed by atoms with E-state index in [0.717, 1.165) is 13.0 Å². The van der Waals surface area contributed by atoms with Crippen LogP contribution < -0.4 is 0 Å². The summed E-state index contributed by atoms with van der Waals surface area (Å²) in [5.41, 5.74) is 0.419. The number of pyridine rings is 1. The van der Waals surface area contributed by atoms with Crippen LogP contribution in [0.5, 0.6) is 0 Å². The fraction of sp³-hybridized carbons (Fsp3) is 0.538. The van der Waals surface area contributed by atoms with Crippen molar-refractivity contribution < 1.29 is 4.79 Å². The third-order valence-corrected chi connectivity index (χ3v) is 3.04. The van der Waals surface area contributed by atoms with Gasteiger partial charge < -0.3 is 4.90 Å². The molecule has 1 heterocycles. The van der Waals surface area contributed by atoms with Gasteiger partial charge in [-0.3, -0.25) is 4.79 Å². The highest BCUT2D eigenvalue weighted by atomic mass is 35.5. The molecule has 4 heteroatoms. The van der Waals surface area contributed by atoms with Crippen molar-refractivity contribution in [3.63, 3.8) is 0 Å². The first-order valence-electron chi connectivity index (χ1n) is 6.00. The Labute approximate surface area is 108 Å². The fourth-order valence-corrected chi connectivity index (χ4v) is 1.71. The van der Waals surface area contributed by atoms with Gasteiger partial charge in [-0.2, -0.15) is 0 Å². The second-order valence-corrected chi connectivity index (χ2v) is 4.59. The van der Waals surface area contributed by atoms with E-state index in [1.165, 1.54) is 0 Å². The van der Waals surface area contributed by atoms with Crippen LogP contribution in [0.2, 0.25) is 5.15 Å². The van der Waals surface area contributed by atoms with E-state index in [9.17, 15) is 4.79 Å². The van der Waals surface area contributed by atoms with Crippen LogP contribution in [0.4, 0.5) is 0 Å². The Balaban J connectivity index is 2.79. The average Bonchev–Trinajstić information content (AvgIpc) is 2.34. The molecule has 17 heavy (non-hydrogen) atoms. The number of hydrogen-bond acceptors (Lipinski definition) is 2. The lowest BCUT2D eigenvalue weighted by molar-refractivity contribution is 0.0735. The van der Waals surface area contributed by atoms with Gasteiger partial charge in [0.25, 0.3) is 5.91 Å². The first-order chi connectivity index (χ1) is 8.08. The van der Waals surface area contributed by atoms with E-state index in [4.69, 9.17) is 11.6 Å². The number of carbonyl (C=O) groups excluding carboxylic acids is 1. The summed E-state index contributed by atoms with van der Waals surface area (Å²) in [6, 6.07) is 5.12. The summed E-state index contributed by atoms with van der Waals surface area (Å²) in [6.45, 7) is 7.70. The molecule has 3 nitrogen and oxygen atoms in total. The lowest BCUT2D eigenvalue weighted by Gasteiger charge is -2.23. The highest BCUT2D eigenvalue weighted by molar-refractivity contribution is 6.29.